The standard InChI is InChI=1S/C13H21N3O/c1-10(2)16-7-8-17-12(9-14)13(16)11-3-5-15-6-4-11/h3-6,10,12-13H,7-9,14H2,1-2H3. The number of nitrogens with two attached hydrogens (primary N) is 1. The molecule has 1 aliphatic heterocycles. The van der Waals surface area contributed by atoms with Crippen molar-refractivity contribution >= 4 is 0 Å². The van der Waals surface area contributed by atoms with Crippen LogP contribution in [0, 0.1) is 0 Å². The minimum absolute atomic E-state index is 0.0774. The predicted octanol–water partition coefficient (Wildman–Crippen LogP) is 1.19. The van der Waals surface area contributed by atoms with Crippen LogP contribution in [0.3, 0.4) is 0 Å². The molecular weight excluding hydrogens is 214 g/mol. The number of hydrogen-bond acceptors (Lipinski definition) is 4. The Morgan fingerprint density at radius 1 is 1.47 bits per heavy atom. The van der Waals surface area contributed by atoms with Crippen LogP contribution in [0.5, 0.6) is 0 Å². The molecule has 2 atom stereocenters. The molecule has 0 aliphatic carbocycles. The molecule has 2 heterocycles. The fourth-order valence-electron chi connectivity index (χ4n) is 2.50. The van der Waals surface area contributed by atoms with E-state index in [4.69, 9.17) is 10.5 Å². The van der Waals surface area contributed by atoms with E-state index in [0.717, 1.165) is 13.2 Å². The SMILES string of the molecule is CC(C)N1CCOC(CN)C1c1ccncc1. The van der Waals surface area contributed by atoms with Gasteiger partial charge in [0.2, 0.25) is 0 Å². The average molecular weight is 235 g/mol. The second-order valence-electron chi connectivity index (χ2n) is 4.70. The summed E-state index contributed by atoms with van der Waals surface area (Å²) in [6, 6.07) is 4.84. The quantitative estimate of drug-likeness (QED) is 0.855. The third-order valence-corrected chi connectivity index (χ3v) is 3.33. The highest BCUT2D eigenvalue weighted by molar-refractivity contribution is 5.18. The molecule has 17 heavy (non-hydrogen) atoms. The smallest absolute Gasteiger partial charge is 0.0894 e. The molecule has 1 saturated heterocycles. The lowest BCUT2D eigenvalue weighted by atomic mass is 9.97. The molecule has 94 valence electrons. The van der Waals surface area contributed by atoms with Crippen LogP contribution in [0.25, 0.3) is 0 Å². The van der Waals surface area contributed by atoms with E-state index in [-0.39, 0.29) is 12.1 Å². The Kier molecular flexibility index (Phi) is 4.10. The Hall–Kier alpha value is -0.970. The Balaban J connectivity index is 2.28. The molecule has 0 bridgehead atoms. The molecule has 1 aromatic rings. The molecule has 0 saturated carbocycles. The molecule has 0 aromatic carbocycles. The number of morpholine rings is 1. The minimum atomic E-state index is 0.0774. The summed E-state index contributed by atoms with van der Waals surface area (Å²) in [5.74, 6) is 0. The lowest BCUT2D eigenvalue weighted by Gasteiger charge is -2.43. The van der Waals surface area contributed by atoms with Crippen molar-refractivity contribution in [1.82, 2.24) is 9.88 Å². The van der Waals surface area contributed by atoms with Crippen molar-refractivity contribution in [3.05, 3.63) is 30.1 Å². The zero-order valence-corrected chi connectivity index (χ0v) is 10.5. The fraction of sp³-hybridized carbons (Fsp3) is 0.615. The fourth-order valence-corrected chi connectivity index (χ4v) is 2.50. The van der Waals surface area contributed by atoms with E-state index >= 15 is 0 Å². The first kappa shape index (κ1) is 12.5. The minimum Gasteiger partial charge on any atom is -0.374 e. The normalized spacial score (nSPS) is 26.4. The van der Waals surface area contributed by atoms with Crippen molar-refractivity contribution in [1.29, 1.82) is 0 Å². The Labute approximate surface area is 103 Å². The third-order valence-electron chi connectivity index (χ3n) is 3.33. The number of nitrogens with zero attached hydrogens (tertiary/aromatic N) is 2. The number of rotatable bonds is 3. The van der Waals surface area contributed by atoms with Crippen molar-refractivity contribution < 1.29 is 4.74 Å². The van der Waals surface area contributed by atoms with E-state index in [1.54, 1.807) is 0 Å². The van der Waals surface area contributed by atoms with Gasteiger partial charge in [0.05, 0.1) is 18.8 Å². The van der Waals surface area contributed by atoms with Crippen LogP contribution in [0.15, 0.2) is 24.5 Å². The molecule has 1 aliphatic rings. The summed E-state index contributed by atoms with van der Waals surface area (Å²) in [5.41, 5.74) is 7.07. The monoisotopic (exact) mass is 235 g/mol. The summed E-state index contributed by atoms with van der Waals surface area (Å²) >= 11 is 0. The maximum Gasteiger partial charge on any atom is 0.0894 e. The zero-order valence-electron chi connectivity index (χ0n) is 10.5. The Morgan fingerprint density at radius 3 is 2.76 bits per heavy atom. The van der Waals surface area contributed by atoms with Gasteiger partial charge in [-0.15, -0.1) is 0 Å². The summed E-state index contributed by atoms with van der Waals surface area (Å²) in [6.07, 6.45) is 3.74. The van der Waals surface area contributed by atoms with Crippen LogP contribution in [-0.2, 0) is 4.74 Å². The molecular formula is C13H21N3O. The van der Waals surface area contributed by atoms with E-state index in [1.807, 2.05) is 12.4 Å². The van der Waals surface area contributed by atoms with E-state index in [0.29, 0.717) is 12.6 Å². The lowest BCUT2D eigenvalue weighted by Crippen LogP contribution is -2.50. The summed E-state index contributed by atoms with van der Waals surface area (Å²) in [4.78, 5) is 6.53. The van der Waals surface area contributed by atoms with Crippen molar-refractivity contribution in [3.8, 4) is 0 Å². The second-order valence-corrected chi connectivity index (χ2v) is 4.70. The van der Waals surface area contributed by atoms with E-state index in [1.165, 1.54) is 5.56 Å². The summed E-state index contributed by atoms with van der Waals surface area (Å²) in [7, 11) is 0. The molecule has 1 aromatic heterocycles. The summed E-state index contributed by atoms with van der Waals surface area (Å²) in [5, 5.41) is 0. The number of ether oxygens (including phenoxy) is 1. The first-order valence-electron chi connectivity index (χ1n) is 6.21. The van der Waals surface area contributed by atoms with E-state index < -0.39 is 0 Å². The van der Waals surface area contributed by atoms with Gasteiger partial charge in [-0.1, -0.05) is 0 Å². The van der Waals surface area contributed by atoms with Gasteiger partial charge in [0.15, 0.2) is 0 Å². The molecule has 0 amide bonds. The van der Waals surface area contributed by atoms with Crippen molar-refractivity contribution in [2.24, 2.45) is 5.73 Å². The first-order chi connectivity index (χ1) is 8.24. The first-order valence-corrected chi connectivity index (χ1v) is 6.21. The lowest BCUT2D eigenvalue weighted by molar-refractivity contribution is -0.0789. The maximum absolute atomic E-state index is 5.83. The third kappa shape index (κ3) is 2.65. The number of aromatic nitrogens is 1. The number of pyridine rings is 1. The van der Waals surface area contributed by atoms with Crippen molar-refractivity contribution in [2.75, 3.05) is 19.7 Å². The molecule has 0 radical (unpaired) electrons. The van der Waals surface area contributed by atoms with Gasteiger partial charge in [-0.05, 0) is 31.5 Å². The van der Waals surface area contributed by atoms with Crippen LogP contribution in [0.4, 0.5) is 0 Å². The molecule has 4 nitrogen and oxygen atoms in total. The maximum atomic E-state index is 5.83. The molecule has 2 N–H and O–H groups in total. The highest BCUT2D eigenvalue weighted by Gasteiger charge is 2.33. The molecule has 4 heteroatoms. The molecule has 2 unspecified atom stereocenters. The van der Waals surface area contributed by atoms with Crippen molar-refractivity contribution in [3.63, 3.8) is 0 Å². The van der Waals surface area contributed by atoms with Crippen LogP contribution >= 0.6 is 0 Å². The van der Waals surface area contributed by atoms with Gasteiger partial charge in [0, 0.05) is 31.5 Å². The predicted molar refractivity (Wildman–Crippen MR) is 67.6 cm³/mol. The highest BCUT2D eigenvalue weighted by atomic mass is 16.5. The topological polar surface area (TPSA) is 51.4 Å². The summed E-state index contributed by atoms with van der Waals surface area (Å²) < 4.78 is 5.79. The van der Waals surface area contributed by atoms with Crippen molar-refractivity contribution in [2.45, 2.75) is 32.0 Å². The van der Waals surface area contributed by atoms with Crippen LogP contribution < -0.4 is 5.73 Å². The molecule has 2 rings (SSSR count). The average Bonchev–Trinajstić information content (AvgIpc) is 2.38. The van der Waals surface area contributed by atoms with Gasteiger partial charge in [-0.25, -0.2) is 0 Å². The largest absolute Gasteiger partial charge is 0.374 e. The summed E-state index contributed by atoms with van der Waals surface area (Å²) in [6.45, 7) is 6.71. The van der Waals surface area contributed by atoms with Gasteiger partial charge in [-0.2, -0.15) is 0 Å². The van der Waals surface area contributed by atoms with Gasteiger partial charge in [0.25, 0.3) is 0 Å². The Morgan fingerprint density at radius 2 is 2.18 bits per heavy atom. The van der Waals surface area contributed by atoms with Gasteiger partial charge in [-0.3, -0.25) is 9.88 Å². The van der Waals surface area contributed by atoms with Gasteiger partial charge >= 0.3 is 0 Å². The Bertz CT molecular complexity index is 342. The zero-order chi connectivity index (χ0) is 12.3. The van der Waals surface area contributed by atoms with Crippen LogP contribution in [0.1, 0.15) is 25.5 Å². The van der Waals surface area contributed by atoms with E-state index in [2.05, 4.69) is 35.9 Å². The van der Waals surface area contributed by atoms with Gasteiger partial charge < -0.3 is 10.5 Å². The van der Waals surface area contributed by atoms with E-state index in [9.17, 15) is 0 Å². The van der Waals surface area contributed by atoms with Gasteiger partial charge in [0.1, 0.15) is 0 Å². The molecule has 0 spiro atoms. The van der Waals surface area contributed by atoms with Crippen LogP contribution in [0.2, 0.25) is 0 Å². The number of hydrogen-bond donors (Lipinski definition) is 1. The molecule has 1 fully saturated rings. The second kappa shape index (κ2) is 5.58. The van der Waals surface area contributed by atoms with Crippen LogP contribution in [-0.4, -0.2) is 41.7 Å². The highest BCUT2D eigenvalue weighted by Crippen LogP contribution is 2.30.